The first kappa shape index (κ1) is 32.4. The zero-order chi connectivity index (χ0) is 27.2. The Morgan fingerprint density at radius 1 is 0.488 bits per heavy atom. The van der Waals surface area contributed by atoms with E-state index in [1.807, 2.05) is 0 Å². The van der Waals surface area contributed by atoms with Crippen molar-refractivity contribution in [2.24, 2.45) is 0 Å². The molecule has 3 heteroatoms. The molecule has 0 radical (unpaired) electrons. The van der Waals surface area contributed by atoms with Crippen LogP contribution in [0, 0.1) is 20.8 Å². The van der Waals surface area contributed by atoms with Gasteiger partial charge in [0.15, 0.2) is 0 Å². The Hall–Kier alpha value is -3.09. The second-order valence-corrected chi connectivity index (χ2v) is 11.3. The van der Waals surface area contributed by atoms with Crippen LogP contribution in [-0.4, -0.2) is 3.21 Å². The van der Waals surface area contributed by atoms with E-state index < -0.39 is 0 Å². The molecule has 0 nitrogen and oxygen atoms in total. The molecule has 0 unspecified atom stereocenters. The van der Waals surface area contributed by atoms with Gasteiger partial charge in [0.25, 0.3) is 0 Å². The number of fused-ring (bicyclic) bond motifs is 4. The molecule has 41 heavy (non-hydrogen) atoms. The van der Waals surface area contributed by atoms with Gasteiger partial charge in [0.1, 0.15) is 0 Å². The van der Waals surface area contributed by atoms with Gasteiger partial charge in [-0.25, -0.2) is 0 Å². The average Bonchev–Trinajstić information content (AvgIpc) is 3.52. The van der Waals surface area contributed by atoms with Crippen LogP contribution in [0.2, 0.25) is 0 Å². The zero-order valence-corrected chi connectivity index (χ0v) is 27.5. The minimum absolute atomic E-state index is 0. The summed E-state index contributed by atoms with van der Waals surface area (Å²) in [4.78, 5) is 0. The van der Waals surface area contributed by atoms with Gasteiger partial charge in [0.2, 0.25) is 0 Å². The molecule has 0 saturated heterocycles. The second kappa shape index (κ2) is 15.2. The molecular formula is C38H32Cl2Zr-2. The third-order valence-electron chi connectivity index (χ3n) is 6.90. The molecule has 7 rings (SSSR count). The van der Waals surface area contributed by atoms with E-state index in [0.717, 1.165) is 0 Å². The number of halogens is 2. The van der Waals surface area contributed by atoms with Crippen molar-refractivity contribution in [3.05, 3.63) is 167 Å². The van der Waals surface area contributed by atoms with Gasteiger partial charge in [-0.05, 0) is 13.8 Å². The Kier molecular flexibility index (Phi) is 12.0. The van der Waals surface area contributed by atoms with Crippen LogP contribution in [0.15, 0.2) is 140 Å². The molecule has 0 spiro atoms. The molecule has 0 amide bonds. The van der Waals surface area contributed by atoms with E-state index in [2.05, 4.69) is 160 Å². The van der Waals surface area contributed by atoms with E-state index in [1.165, 1.54) is 87.6 Å². The summed E-state index contributed by atoms with van der Waals surface area (Å²) in [5.74, 6) is 0. The van der Waals surface area contributed by atoms with Crippen LogP contribution in [0.4, 0.5) is 0 Å². The number of hydrogen-bond donors (Lipinski definition) is 0. The van der Waals surface area contributed by atoms with Gasteiger partial charge in [-0.1, -0.05) is 48.4 Å². The van der Waals surface area contributed by atoms with E-state index in [-0.39, 0.29) is 24.8 Å². The first-order chi connectivity index (χ1) is 19.0. The summed E-state index contributed by atoms with van der Waals surface area (Å²) in [5.41, 5.74) is 6.67. The molecule has 0 aliphatic carbocycles. The van der Waals surface area contributed by atoms with E-state index in [0.29, 0.717) is 0 Å². The van der Waals surface area contributed by atoms with Gasteiger partial charge >= 0.3 is 99.2 Å². The number of hydrogen-bond acceptors (Lipinski definition) is 0. The molecule has 0 bridgehead atoms. The Bertz CT molecular complexity index is 1710. The summed E-state index contributed by atoms with van der Waals surface area (Å²) in [5, 5.41) is 8.15. The number of benzene rings is 5. The van der Waals surface area contributed by atoms with Crippen molar-refractivity contribution in [1.82, 2.24) is 0 Å². The molecule has 0 N–H and O–H groups in total. The molecule has 0 saturated carbocycles. The van der Waals surface area contributed by atoms with Crippen LogP contribution < -0.4 is 24.8 Å². The Balaban J connectivity index is 0.000000168. The standard InChI is InChI=1S/C15H13.C13H10.C10H9.2ClH.Zr/c1-10-3-5-14-12(7-10)9-13-8-11(2)4-6-15(13)14;1-3-7-12(8-4-1)11-13-9-5-2-6-10-13;1-8-6-9-4-2-3-5-10(9)7-8;;;/h3-9H,1-2H3;1-10H;2-7H,1H3;2*1H;/q-1;;-1;;;+2/p-2. The fourth-order valence-electron chi connectivity index (χ4n) is 4.94. The van der Waals surface area contributed by atoms with Gasteiger partial charge in [0.05, 0.1) is 0 Å². The summed E-state index contributed by atoms with van der Waals surface area (Å²) < 4.78 is 1.42. The summed E-state index contributed by atoms with van der Waals surface area (Å²) in [7, 11) is 0. The first-order valence-electron chi connectivity index (χ1n) is 13.4. The Morgan fingerprint density at radius 3 is 1.44 bits per heavy atom. The van der Waals surface area contributed by atoms with Gasteiger partial charge in [-0.15, -0.1) is 80.3 Å². The van der Waals surface area contributed by atoms with Crippen LogP contribution in [0.25, 0.3) is 32.3 Å². The van der Waals surface area contributed by atoms with Crippen molar-refractivity contribution in [2.45, 2.75) is 20.8 Å². The molecule has 0 aliphatic heterocycles. The number of rotatable bonds is 2. The van der Waals surface area contributed by atoms with Gasteiger partial charge in [-0.3, -0.25) is 0 Å². The quantitative estimate of drug-likeness (QED) is 0.249. The summed E-state index contributed by atoms with van der Waals surface area (Å²) >= 11 is 1.46. The molecule has 0 heterocycles. The molecule has 204 valence electrons. The SMILES string of the molecule is Cc1cc2ccccc2[cH-]1.Cc1ccc2c(c1)[cH-]c1cc(C)ccc12.[Cl-].[Cl-].[Zr+2]=[C](c1ccccc1)c1ccccc1. The molecule has 0 fully saturated rings. The Morgan fingerprint density at radius 2 is 0.951 bits per heavy atom. The van der Waals surface area contributed by atoms with Crippen molar-refractivity contribution in [3.8, 4) is 0 Å². The maximum absolute atomic E-state index is 2.28. The third-order valence-corrected chi connectivity index (χ3v) is 8.32. The summed E-state index contributed by atoms with van der Waals surface area (Å²) in [6, 6.07) is 49.5. The zero-order valence-electron chi connectivity index (χ0n) is 23.5. The molecule has 0 aromatic heterocycles. The van der Waals surface area contributed by atoms with Gasteiger partial charge in [0, 0.05) is 0 Å². The van der Waals surface area contributed by atoms with Crippen molar-refractivity contribution in [1.29, 1.82) is 0 Å². The monoisotopic (exact) mass is 648 g/mol. The predicted octanol–water partition coefficient (Wildman–Crippen LogP) is 4.01. The summed E-state index contributed by atoms with van der Waals surface area (Å²) in [6.07, 6.45) is 0. The predicted molar refractivity (Wildman–Crippen MR) is 167 cm³/mol. The van der Waals surface area contributed by atoms with E-state index in [9.17, 15) is 0 Å². The van der Waals surface area contributed by atoms with Crippen molar-refractivity contribution in [2.75, 3.05) is 0 Å². The van der Waals surface area contributed by atoms with Crippen molar-refractivity contribution < 1.29 is 49.0 Å². The number of aryl methyl sites for hydroxylation is 3. The normalized spacial score (nSPS) is 10.1. The second-order valence-electron chi connectivity index (χ2n) is 10.1. The Labute approximate surface area is 270 Å². The molecule has 0 aliphatic rings. The third kappa shape index (κ3) is 8.24. The van der Waals surface area contributed by atoms with E-state index >= 15 is 0 Å². The average molecular weight is 651 g/mol. The fourth-order valence-corrected chi connectivity index (χ4v) is 5.76. The van der Waals surface area contributed by atoms with Gasteiger partial charge < -0.3 is 24.8 Å². The minimum atomic E-state index is 0. The van der Waals surface area contributed by atoms with Crippen LogP contribution in [0.5, 0.6) is 0 Å². The van der Waals surface area contributed by atoms with Crippen LogP contribution in [0.1, 0.15) is 27.8 Å². The molecular weight excluding hydrogens is 619 g/mol. The van der Waals surface area contributed by atoms with Crippen LogP contribution in [0.3, 0.4) is 0 Å². The molecule has 7 aromatic carbocycles. The topological polar surface area (TPSA) is 0 Å². The summed E-state index contributed by atoms with van der Waals surface area (Å²) in [6.45, 7) is 6.41. The fraction of sp³-hybridized carbons (Fsp3) is 0.0789. The molecule has 0 atom stereocenters. The van der Waals surface area contributed by atoms with Gasteiger partial charge in [-0.2, -0.15) is 6.07 Å². The van der Waals surface area contributed by atoms with E-state index in [4.69, 9.17) is 0 Å². The van der Waals surface area contributed by atoms with E-state index in [1.54, 1.807) is 0 Å². The van der Waals surface area contributed by atoms with Crippen molar-refractivity contribution >= 4 is 35.5 Å². The maximum atomic E-state index is 2.28. The van der Waals surface area contributed by atoms with Crippen molar-refractivity contribution in [3.63, 3.8) is 0 Å². The first-order valence-corrected chi connectivity index (χ1v) is 14.6. The van der Waals surface area contributed by atoms with Crippen LogP contribution >= 0.6 is 0 Å². The molecule has 7 aromatic rings. The van der Waals surface area contributed by atoms with Crippen LogP contribution in [-0.2, 0) is 24.2 Å².